The number of nitrogens with zero attached hydrogens (tertiary/aromatic N) is 3. The van der Waals surface area contributed by atoms with E-state index in [0.717, 1.165) is 11.7 Å². The van der Waals surface area contributed by atoms with Crippen molar-refractivity contribution in [2.45, 2.75) is 30.7 Å². The van der Waals surface area contributed by atoms with Crippen molar-refractivity contribution in [3.05, 3.63) is 48.0 Å². The molecular formula is C20H20N4O5S2. The molecule has 1 N–H and O–H groups in total. The van der Waals surface area contributed by atoms with Crippen molar-refractivity contribution in [3.63, 3.8) is 0 Å². The first-order chi connectivity index (χ1) is 14.9. The van der Waals surface area contributed by atoms with Gasteiger partial charge in [0.05, 0.1) is 23.9 Å². The molecule has 11 heteroatoms. The number of ether oxygens (including phenoxy) is 1. The van der Waals surface area contributed by atoms with E-state index in [0.29, 0.717) is 35.1 Å². The van der Waals surface area contributed by atoms with Crippen LogP contribution in [0.2, 0.25) is 0 Å². The molecule has 2 heterocycles. The summed E-state index contributed by atoms with van der Waals surface area (Å²) < 4.78 is 41.0. The summed E-state index contributed by atoms with van der Waals surface area (Å²) in [6.45, 7) is 2.24. The van der Waals surface area contributed by atoms with E-state index in [9.17, 15) is 18.0 Å². The molecule has 1 aromatic heterocycles. The van der Waals surface area contributed by atoms with Crippen LogP contribution in [0.15, 0.2) is 47.4 Å². The first-order valence-corrected chi connectivity index (χ1v) is 11.9. The zero-order chi connectivity index (χ0) is 22.0. The van der Waals surface area contributed by atoms with Gasteiger partial charge in [0.2, 0.25) is 15.9 Å². The number of nitrogens with one attached hydrogen (secondary N) is 1. The molecule has 1 aliphatic rings. The number of anilines is 1. The monoisotopic (exact) mass is 460 g/mol. The molecule has 162 valence electrons. The summed E-state index contributed by atoms with van der Waals surface area (Å²) in [5.74, 6) is -0.868. The third kappa shape index (κ3) is 4.16. The number of hydrogen-bond acceptors (Lipinski definition) is 8. The third-order valence-corrected chi connectivity index (χ3v) is 7.49. The van der Waals surface area contributed by atoms with Gasteiger partial charge in [0.25, 0.3) is 0 Å². The molecule has 2 aromatic carbocycles. The number of benzene rings is 2. The van der Waals surface area contributed by atoms with Crippen LogP contribution in [0, 0.1) is 0 Å². The molecule has 0 saturated carbocycles. The number of esters is 1. The van der Waals surface area contributed by atoms with Gasteiger partial charge >= 0.3 is 5.97 Å². The second-order valence-corrected chi connectivity index (χ2v) is 9.34. The van der Waals surface area contributed by atoms with Gasteiger partial charge in [-0.15, -0.1) is 0 Å². The standard InChI is InChI=1S/C20H20N4O5S2/c1-2-29-20(26)13-8-10-14(11-9-13)21-19(25)16-6-4-12-24(16)31(27,28)17-7-3-5-15-18(17)23-30-22-15/h3,5,7-11,16H,2,4,6,12H2,1H3,(H,21,25)/t16-/m1/s1. The molecule has 1 aliphatic heterocycles. The minimum absolute atomic E-state index is 0.0530. The lowest BCUT2D eigenvalue weighted by Gasteiger charge is -2.23. The van der Waals surface area contributed by atoms with Crippen LogP contribution in [0.3, 0.4) is 0 Å². The molecule has 4 rings (SSSR count). The molecule has 1 saturated heterocycles. The molecule has 9 nitrogen and oxygen atoms in total. The minimum Gasteiger partial charge on any atom is -0.462 e. The highest BCUT2D eigenvalue weighted by Gasteiger charge is 2.40. The second kappa shape index (κ2) is 8.69. The maximum Gasteiger partial charge on any atom is 0.338 e. The molecule has 0 bridgehead atoms. The van der Waals surface area contributed by atoms with Crippen molar-refractivity contribution >= 4 is 50.3 Å². The van der Waals surface area contributed by atoms with Crippen molar-refractivity contribution in [2.24, 2.45) is 0 Å². The van der Waals surface area contributed by atoms with Gasteiger partial charge in [-0.05, 0) is 56.2 Å². The van der Waals surface area contributed by atoms with Crippen LogP contribution in [-0.2, 0) is 19.6 Å². The molecule has 31 heavy (non-hydrogen) atoms. The molecule has 1 atom stereocenters. The molecule has 0 unspecified atom stereocenters. The topological polar surface area (TPSA) is 119 Å². The Labute approximate surface area is 183 Å². The number of amides is 1. The van der Waals surface area contributed by atoms with Crippen molar-refractivity contribution in [3.8, 4) is 0 Å². The molecule has 3 aromatic rings. The lowest BCUT2D eigenvalue weighted by molar-refractivity contribution is -0.119. The van der Waals surface area contributed by atoms with Crippen LogP contribution in [0.5, 0.6) is 0 Å². The molecule has 1 fully saturated rings. The fourth-order valence-electron chi connectivity index (χ4n) is 3.54. The number of hydrogen-bond donors (Lipinski definition) is 1. The van der Waals surface area contributed by atoms with E-state index in [-0.39, 0.29) is 18.0 Å². The number of carbonyl (C=O) groups is 2. The zero-order valence-corrected chi connectivity index (χ0v) is 18.3. The Morgan fingerprint density at radius 1 is 1.19 bits per heavy atom. The van der Waals surface area contributed by atoms with Gasteiger partial charge in [-0.1, -0.05) is 6.07 Å². The maximum atomic E-state index is 13.3. The van der Waals surface area contributed by atoms with Crippen molar-refractivity contribution in [1.29, 1.82) is 0 Å². The van der Waals surface area contributed by atoms with Gasteiger partial charge in [0.1, 0.15) is 22.0 Å². The summed E-state index contributed by atoms with van der Waals surface area (Å²) in [6, 6.07) is 10.2. The summed E-state index contributed by atoms with van der Waals surface area (Å²) in [6.07, 6.45) is 0.988. The SMILES string of the molecule is CCOC(=O)c1ccc(NC(=O)[C@H]2CCCN2S(=O)(=O)c2cccc3nsnc23)cc1. The van der Waals surface area contributed by atoms with Crippen LogP contribution in [0.1, 0.15) is 30.1 Å². The molecule has 0 radical (unpaired) electrons. The van der Waals surface area contributed by atoms with E-state index >= 15 is 0 Å². The Bertz CT molecular complexity index is 1220. The molecule has 1 amide bonds. The van der Waals surface area contributed by atoms with Crippen molar-refractivity contribution in [2.75, 3.05) is 18.5 Å². The Hall–Kier alpha value is -2.89. The number of rotatable bonds is 6. The van der Waals surface area contributed by atoms with Crippen LogP contribution in [0.25, 0.3) is 11.0 Å². The van der Waals surface area contributed by atoms with Gasteiger partial charge in [-0.2, -0.15) is 13.1 Å². The predicted octanol–water partition coefficient (Wildman–Crippen LogP) is 2.66. The van der Waals surface area contributed by atoms with Crippen molar-refractivity contribution < 1.29 is 22.7 Å². The van der Waals surface area contributed by atoms with E-state index < -0.39 is 27.9 Å². The summed E-state index contributed by atoms with van der Waals surface area (Å²) >= 11 is 0.946. The van der Waals surface area contributed by atoms with Crippen molar-refractivity contribution in [1.82, 2.24) is 13.1 Å². The van der Waals surface area contributed by atoms with Gasteiger partial charge in [-0.25, -0.2) is 13.2 Å². The lowest BCUT2D eigenvalue weighted by Crippen LogP contribution is -2.43. The average Bonchev–Trinajstić information content (AvgIpc) is 3.44. The summed E-state index contributed by atoms with van der Waals surface area (Å²) in [5.41, 5.74) is 1.66. The molecular weight excluding hydrogens is 440 g/mol. The largest absolute Gasteiger partial charge is 0.462 e. The summed E-state index contributed by atoms with van der Waals surface area (Å²) in [5, 5.41) is 2.74. The van der Waals surface area contributed by atoms with Crippen LogP contribution in [0.4, 0.5) is 5.69 Å². The Kier molecular flexibility index (Phi) is 5.99. The van der Waals surface area contributed by atoms with Gasteiger partial charge < -0.3 is 10.1 Å². The Morgan fingerprint density at radius 3 is 2.71 bits per heavy atom. The predicted molar refractivity (Wildman–Crippen MR) is 115 cm³/mol. The van der Waals surface area contributed by atoms with Gasteiger partial charge in [0, 0.05) is 12.2 Å². The molecule has 0 spiro atoms. The highest BCUT2D eigenvalue weighted by Crippen LogP contribution is 2.30. The van der Waals surface area contributed by atoms with Crippen LogP contribution < -0.4 is 5.32 Å². The Morgan fingerprint density at radius 2 is 1.97 bits per heavy atom. The van der Waals surface area contributed by atoms with E-state index in [2.05, 4.69) is 14.1 Å². The quantitative estimate of drug-likeness (QED) is 0.562. The number of aromatic nitrogens is 2. The Balaban J connectivity index is 1.53. The number of sulfonamides is 1. The van der Waals surface area contributed by atoms with Gasteiger partial charge in [0.15, 0.2) is 0 Å². The maximum absolute atomic E-state index is 13.3. The molecule has 0 aliphatic carbocycles. The average molecular weight is 461 g/mol. The second-order valence-electron chi connectivity index (χ2n) is 6.95. The smallest absolute Gasteiger partial charge is 0.338 e. The van der Waals surface area contributed by atoms with E-state index in [1.165, 1.54) is 10.4 Å². The fraction of sp³-hybridized carbons (Fsp3) is 0.300. The minimum atomic E-state index is -3.93. The summed E-state index contributed by atoms with van der Waals surface area (Å²) in [4.78, 5) is 24.7. The number of fused-ring (bicyclic) bond motifs is 1. The first kappa shape index (κ1) is 21.3. The van der Waals surface area contributed by atoms with Gasteiger partial charge in [-0.3, -0.25) is 4.79 Å². The highest BCUT2D eigenvalue weighted by molar-refractivity contribution is 7.89. The van der Waals surface area contributed by atoms with Crippen LogP contribution >= 0.6 is 11.7 Å². The van der Waals surface area contributed by atoms with E-state index in [4.69, 9.17) is 4.74 Å². The van der Waals surface area contributed by atoms with Crippen LogP contribution in [-0.4, -0.2) is 52.5 Å². The fourth-order valence-corrected chi connectivity index (χ4v) is 5.95. The number of carbonyl (C=O) groups excluding carboxylic acids is 2. The first-order valence-electron chi connectivity index (χ1n) is 9.73. The van der Waals surface area contributed by atoms with E-state index in [1.807, 2.05) is 0 Å². The summed E-state index contributed by atoms with van der Waals surface area (Å²) in [7, 11) is -3.93. The lowest BCUT2D eigenvalue weighted by atomic mass is 10.2. The third-order valence-electron chi connectivity index (χ3n) is 5.01. The highest BCUT2D eigenvalue weighted by atomic mass is 32.2. The van der Waals surface area contributed by atoms with E-state index in [1.54, 1.807) is 43.3 Å². The normalized spacial score (nSPS) is 17.0. The zero-order valence-electron chi connectivity index (χ0n) is 16.6.